The number of aromatic nitrogens is 1. The number of ether oxygens (including phenoxy) is 1. The molecule has 6 nitrogen and oxygen atoms in total. The van der Waals surface area contributed by atoms with Gasteiger partial charge in [-0.15, -0.1) is 0 Å². The van der Waals surface area contributed by atoms with Crippen molar-refractivity contribution in [3.8, 4) is 5.75 Å². The fourth-order valence-electron chi connectivity index (χ4n) is 1.54. The van der Waals surface area contributed by atoms with Crippen molar-refractivity contribution in [1.82, 2.24) is 9.88 Å². The highest BCUT2D eigenvalue weighted by Crippen LogP contribution is 2.16. The van der Waals surface area contributed by atoms with Gasteiger partial charge in [0, 0.05) is 19.8 Å². The standard InChI is InChI=1S/C12H16N2O4/c1-8(12(17)18-3)7-14(2)11(16)9-4-5-13-6-10(9)15/h4-6,8,15H,7H2,1-3H3. The largest absolute Gasteiger partial charge is 0.505 e. The van der Waals surface area contributed by atoms with Crippen molar-refractivity contribution in [2.24, 2.45) is 5.92 Å². The highest BCUT2D eigenvalue weighted by molar-refractivity contribution is 5.96. The zero-order chi connectivity index (χ0) is 13.7. The molecule has 1 aromatic heterocycles. The monoisotopic (exact) mass is 252 g/mol. The Morgan fingerprint density at radius 1 is 1.56 bits per heavy atom. The van der Waals surface area contributed by atoms with Crippen LogP contribution in [0.25, 0.3) is 0 Å². The van der Waals surface area contributed by atoms with Crippen LogP contribution in [0, 0.1) is 5.92 Å². The summed E-state index contributed by atoms with van der Waals surface area (Å²) in [6.45, 7) is 1.88. The van der Waals surface area contributed by atoms with Crippen molar-refractivity contribution >= 4 is 11.9 Å². The topological polar surface area (TPSA) is 79.7 Å². The van der Waals surface area contributed by atoms with Gasteiger partial charge in [-0.3, -0.25) is 14.6 Å². The molecule has 1 atom stereocenters. The molecule has 0 aromatic carbocycles. The molecule has 0 aliphatic carbocycles. The summed E-state index contributed by atoms with van der Waals surface area (Å²) in [6, 6.07) is 1.43. The third-order valence-corrected chi connectivity index (χ3v) is 2.53. The Labute approximate surface area is 105 Å². The zero-order valence-electron chi connectivity index (χ0n) is 10.6. The molecule has 0 aliphatic heterocycles. The Bertz CT molecular complexity index is 447. The number of esters is 1. The summed E-state index contributed by atoms with van der Waals surface area (Å²) in [5.41, 5.74) is 0.157. The van der Waals surface area contributed by atoms with E-state index >= 15 is 0 Å². The number of carbonyl (C=O) groups is 2. The zero-order valence-corrected chi connectivity index (χ0v) is 10.6. The van der Waals surface area contributed by atoms with Crippen molar-refractivity contribution in [1.29, 1.82) is 0 Å². The van der Waals surface area contributed by atoms with E-state index in [9.17, 15) is 14.7 Å². The Hall–Kier alpha value is -2.11. The Morgan fingerprint density at radius 2 is 2.22 bits per heavy atom. The van der Waals surface area contributed by atoms with E-state index in [4.69, 9.17) is 0 Å². The molecular formula is C12H16N2O4. The van der Waals surface area contributed by atoms with Crippen LogP contribution in [0.1, 0.15) is 17.3 Å². The summed E-state index contributed by atoms with van der Waals surface area (Å²) in [6.07, 6.45) is 2.62. The lowest BCUT2D eigenvalue weighted by Crippen LogP contribution is -2.34. The number of hydrogen-bond donors (Lipinski definition) is 1. The summed E-state index contributed by atoms with van der Waals surface area (Å²) in [5.74, 6) is -1.35. The molecule has 0 radical (unpaired) electrons. The van der Waals surface area contributed by atoms with E-state index in [1.54, 1.807) is 14.0 Å². The summed E-state index contributed by atoms with van der Waals surface area (Å²) in [4.78, 5) is 28.3. The van der Waals surface area contributed by atoms with Gasteiger partial charge in [0.25, 0.3) is 5.91 Å². The van der Waals surface area contributed by atoms with Gasteiger partial charge in [-0.2, -0.15) is 0 Å². The minimum atomic E-state index is -0.423. The Morgan fingerprint density at radius 3 is 2.78 bits per heavy atom. The molecule has 0 saturated heterocycles. The van der Waals surface area contributed by atoms with Gasteiger partial charge in [-0.1, -0.05) is 6.92 Å². The Kier molecular flexibility index (Phi) is 4.65. The maximum Gasteiger partial charge on any atom is 0.310 e. The summed E-state index contributed by atoms with van der Waals surface area (Å²) in [7, 11) is 2.86. The van der Waals surface area contributed by atoms with Crippen LogP contribution in [0.15, 0.2) is 18.5 Å². The van der Waals surface area contributed by atoms with Crippen LogP contribution in [0.5, 0.6) is 5.75 Å². The van der Waals surface area contributed by atoms with Gasteiger partial charge in [-0.05, 0) is 6.07 Å². The highest BCUT2D eigenvalue weighted by atomic mass is 16.5. The van der Waals surface area contributed by atoms with Gasteiger partial charge < -0.3 is 14.7 Å². The molecule has 0 spiro atoms. The number of nitrogens with zero attached hydrogens (tertiary/aromatic N) is 2. The van der Waals surface area contributed by atoms with Gasteiger partial charge in [0.15, 0.2) is 0 Å². The second-order valence-electron chi connectivity index (χ2n) is 4.00. The molecule has 1 amide bonds. The molecule has 1 unspecified atom stereocenters. The van der Waals surface area contributed by atoms with E-state index in [1.165, 1.54) is 30.5 Å². The molecule has 0 aliphatic rings. The van der Waals surface area contributed by atoms with Crippen molar-refractivity contribution in [2.75, 3.05) is 20.7 Å². The quantitative estimate of drug-likeness (QED) is 0.797. The molecule has 0 bridgehead atoms. The number of aromatic hydroxyl groups is 1. The van der Waals surface area contributed by atoms with E-state index in [0.29, 0.717) is 0 Å². The summed E-state index contributed by atoms with van der Waals surface area (Å²) >= 11 is 0. The number of amides is 1. The van der Waals surface area contributed by atoms with E-state index in [1.807, 2.05) is 0 Å². The number of carbonyl (C=O) groups excluding carboxylic acids is 2. The van der Waals surface area contributed by atoms with E-state index < -0.39 is 5.92 Å². The van der Waals surface area contributed by atoms with Crippen LogP contribution in [0.2, 0.25) is 0 Å². The van der Waals surface area contributed by atoms with Crippen molar-refractivity contribution in [3.63, 3.8) is 0 Å². The Balaban J connectivity index is 2.74. The van der Waals surface area contributed by atoms with Crippen LogP contribution in [-0.2, 0) is 9.53 Å². The lowest BCUT2D eigenvalue weighted by Gasteiger charge is -2.20. The maximum atomic E-state index is 12.0. The molecular weight excluding hydrogens is 236 g/mol. The second-order valence-corrected chi connectivity index (χ2v) is 4.00. The maximum absolute atomic E-state index is 12.0. The van der Waals surface area contributed by atoms with Gasteiger partial charge in [0.05, 0.1) is 24.8 Å². The predicted molar refractivity (Wildman–Crippen MR) is 64.0 cm³/mol. The molecule has 6 heteroatoms. The van der Waals surface area contributed by atoms with Crippen LogP contribution >= 0.6 is 0 Å². The molecule has 98 valence electrons. The van der Waals surface area contributed by atoms with Crippen molar-refractivity contribution < 1.29 is 19.4 Å². The summed E-state index contributed by atoms with van der Waals surface area (Å²) < 4.78 is 4.59. The number of methoxy groups -OCH3 is 1. The van der Waals surface area contributed by atoms with Gasteiger partial charge in [0.1, 0.15) is 5.75 Å². The van der Waals surface area contributed by atoms with E-state index in [0.717, 1.165) is 0 Å². The normalized spacial score (nSPS) is 11.7. The lowest BCUT2D eigenvalue weighted by atomic mass is 10.1. The molecule has 18 heavy (non-hydrogen) atoms. The molecule has 0 saturated carbocycles. The lowest BCUT2D eigenvalue weighted by molar-refractivity contribution is -0.145. The average Bonchev–Trinajstić information content (AvgIpc) is 2.37. The molecule has 1 rings (SSSR count). The number of hydrogen-bond acceptors (Lipinski definition) is 5. The second kappa shape index (κ2) is 6.00. The smallest absolute Gasteiger partial charge is 0.310 e. The van der Waals surface area contributed by atoms with E-state index in [-0.39, 0.29) is 29.7 Å². The van der Waals surface area contributed by atoms with Crippen LogP contribution in [0.4, 0.5) is 0 Å². The molecule has 1 aromatic rings. The first-order valence-corrected chi connectivity index (χ1v) is 5.43. The summed E-state index contributed by atoms with van der Waals surface area (Å²) in [5, 5.41) is 9.52. The molecule has 0 fully saturated rings. The fourth-order valence-corrected chi connectivity index (χ4v) is 1.54. The first-order valence-electron chi connectivity index (χ1n) is 5.43. The van der Waals surface area contributed by atoms with Crippen molar-refractivity contribution in [2.45, 2.75) is 6.92 Å². The first kappa shape index (κ1) is 14.0. The highest BCUT2D eigenvalue weighted by Gasteiger charge is 2.21. The third kappa shape index (κ3) is 3.19. The van der Waals surface area contributed by atoms with Crippen molar-refractivity contribution in [3.05, 3.63) is 24.0 Å². The first-order chi connectivity index (χ1) is 8.47. The molecule has 1 heterocycles. The minimum absolute atomic E-state index is 0.157. The molecule has 1 N–H and O–H groups in total. The van der Waals surface area contributed by atoms with Crippen LogP contribution < -0.4 is 0 Å². The van der Waals surface area contributed by atoms with Crippen LogP contribution in [-0.4, -0.2) is 47.6 Å². The van der Waals surface area contributed by atoms with Crippen LogP contribution in [0.3, 0.4) is 0 Å². The van der Waals surface area contributed by atoms with Gasteiger partial charge in [-0.25, -0.2) is 0 Å². The number of pyridine rings is 1. The predicted octanol–water partition coefficient (Wildman–Crippen LogP) is 0.668. The number of rotatable bonds is 4. The van der Waals surface area contributed by atoms with E-state index in [2.05, 4.69) is 9.72 Å². The van der Waals surface area contributed by atoms with Gasteiger partial charge >= 0.3 is 5.97 Å². The SMILES string of the molecule is COC(=O)C(C)CN(C)C(=O)c1ccncc1O. The fraction of sp³-hybridized carbons (Fsp3) is 0.417. The minimum Gasteiger partial charge on any atom is -0.505 e. The van der Waals surface area contributed by atoms with Gasteiger partial charge in [0.2, 0.25) is 0 Å². The third-order valence-electron chi connectivity index (χ3n) is 2.53. The average molecular weight is 252 g/mol.